The van der Waals surface area contributed by atoms with E-state index in [4.69, 9.17) is 0 Å². The van der Waals surface area contributed by atoms with Crippen LogP contribution in [0.4, 0.5) is 19.3 Å². The maximum absolute atomic E-state index is 13.4. The van der Waals surface area contributed by atoms with Crippen molar-refractivity contribution in [2.45, 2.75) is 32.7 Å². The highest BCUT2D eigenvalue weighted by Gasteiger charge is 2.14. The van der Waals surface area contributed by atoms with Gasteiger partial charge in [0.2, 0.25) is 0 Å². The summed E-state index contributed by atoms with van der Waals surface area (Å²) in [4.78, 5) is 12.1. The van der Waals surface area contributed by atoms with Gasteiger partial charge in [-0.15, -0.1) is 5.10 Å². The van der Waals surface area contributed by atoms with Gasteiger partial charge in [-0.25, -0.2) is 13.6 Å². The summed E-state index contributed by atoms with van der Waals surface area (Å²) in [6.45, 7) is 6.33. The number of amides is 2. The van der Waals surface area contributed by atoms with Crippen LogP contribution in [0.1, 0.15) is 32.2 Å². The summed E-state index contributed by atoms with van der Waals surface area (Å²) >= 11 is 0. The minimum atomic E-state index is -1.01. The molecule has 1 aromatic heterocycles. The minimum absolute atomic E-state index is 0.00208. The number of carbonyl (C=O) groups is 1. The average molecular weight is 386 g/mol. The number of carbonyl (C=O) groups excluding carboxylic acids is 1. The van der Waals surface area contributed by atoms with E-state index in [-0.39, 0.29) is 23.5 Å². The first-order chi connectivity index (χ1) is 13.2. The van der Waals surface area contributed by atoms with Crippen LogP contribution < -0.4 is 10.6 Å². The van der Waals surface area contributed by atoms with Crippen LogP contribution in [-0.4, -0.2) is 26.2 Å². The van der Waals surface area contributed by atoms with Crippen LogP contribution in [0.3, 0.4) is 0 Å². The zero-order valence-electron chi connectivity index (χ0n) is 15.7. The van der Waals surface area contributed by atoms with Crippen LogP contribution in [-0.2, 0) is 12.0 Å². The second-order valence-electron chi connectivity index (χ2n) is 7.24. The Labute approximate surface area is 160 Å². The Morgan fingerprint density at radius 3 is 2.43 bits per heavy atom. The van der Waals surface area contributed by atoms with Crippen LogP contribution in [0.5, 0.6) is 0 Å². The summed E-state index contributed by atoms with van der Waals surface area (Å²) in [6.07, 6.45) is 0. The molecule has 1 heterocycles. The van der Waals surface area contributed by atoms with Crippen molar-refractivity contribution in [2.24, 2.45) is 0 Å². The molecule has 2 N–H and O–H groups in total. The summed E-state index contributed by atoms with van der Waals surface area (Å²) in [5.41, 5.74) is 2.08. The van der Waals surface area contributed by atoms with Gasteiger partial charge in [-0.3, -0.25) is 0 Å². The summed E-state index contributed by atoms with van der Waals surface area (Å²) < 4.78 is 27.7. The van der Waals surface area contributed by atoms with E-state index in [0.717, 1.165) is 17.7 Å². The Hall–Kier alpha value is -3.36. The molecule has 0 bridgehead atoms. The van der Waals surface area contributed by atoms with E-state index in [0.29, 0.717) is 5.69 Å². The molecular weight excluding hydrogens is 366 g/mol. The summed E-state index contributed by atoms with van der Waals surface area (Å²) in [7, 11) is 0. The van der Waals surface area contributed by atoms with Crippen LogP contribution in [0.2, 0.25) is 0 Å². The fourth-order valence-electron chi connectivity index (χ4n) is 2.52. The SMILES string of the molecule is CC(C)(C)c1ccc(NC(=O)NCc2nnnn2-c2ccc(F)c(F)c2)cc1. The molecule has 0 radical (unpaired) electrons. The van der Waals surface area contributed by atoms with Crippen LogP contribution in [0, 0.1) is 11.6 Å². The first-order valence-electron chi connectivity index (χ1n) is 8.62. The second kappa shape index (κ2) is 7.71. The Morgan fingerprint density at radius 1 is 1.07 bits per heavy atom. The minimum Gasteiger partial charge on any atom is -0.330 e. The molecule has 0 saturated carbocycles. The summed E-state index contributed by atoms with van der Waals surface area (Å²) in [5.74, 6) is -1.71. The third kappa shape index (κ3) is 4.48. The van der Waals surface area contributed by atoms with Gasteiger partial charge in [0.1, 0.15) is 0 Å². The first-order valence-corrected chi connectivity index (χ1v) is 8.62. The topological polar surface area (TPSA) is 84.7 Å². The smallest absolute Gasteiger partial charge is 0.319 e. The van der Waals surface area contributed by atoms with Crippen LogP contribution in [0.25, 0.3) is 5.69 Å². The molecule has 3 rings (SSSR count). The predicted octanol–water partition coefficient (Wildman–Crippen LogP) is 3.56. The molecule has 2 aromatic carbocycles. The molecule has 9 heteroatoms. The Bertz CT molecular complexity index is 979. The summed E-state index contributed by atoms with van der Waals surface area (Å²) in [5, 5.41) is 16.4. The van der Waals surface area contributed by atoms with E-state index >= 15 is 0 Å². The second-order valence-corrected chi connectivity index (χ2v) is 7.24. The molecule has 3 aromatic rings. The fraction of sp³-hybridized carbons (Fsp3) is 0.263. The highest BCUT2D eigenvalue weighted by Crippen LogP contribution is 2.23. The van der Waals surface area contributed by atoms with Gasteiger partial charge in [-0.1, -0.05) is 32.9 Å². The number of anilines is 1. The molecule has 28 heavy (non-hydrogen) atoms. The van der Waals surface area contributed by atoms with Crippen molar-refractivity contribution in [3.63, 3.8) is 0 Å². The van der Waals surface area contributed by atoms with E-state index in [1.165, 1.54) is 10.7 Å². The van der Waals surface area contributed by atoms with E-state index in [2.05, 4.69) is 46.9 Å². The van der Waals surface area contributed by atoms with Crippen molar-refractivity contribution in [3.8, 4) is 5.69 Å². The van der Waals surface area contributed by atoms with Crippen molar-refractivity contribution >= 4 is 11.7 Å². The van der Waals surface area contributed by atoms with Gasteiger partial charge in [0, 0.05) is 11.8 Å². The number of hydrogen-bond acceptors (Lipinski definition) is 4. The Kier molecular flexibility index (Phi) is 5.34. The lowest BCUT2D eigenvalue weighted by Gasteiger charge is -2.19. The number of halogens is 2. The van der Waals surface area contributed by atoms with E-state index in [9.17, 15) is 13.6 Å². The average Bonchev–Trinajstić information content (AvgIpc) is 3.10. The third-order valence-corrected chi connectivity index (χ3v) is 4.10. The molecule has 0 unspecified atom stereocenters. The first kappa shape index (κ1) is 19.4. The Morgan fingerprint density at radius 2 is 1.79 bits per heavy atom. The molecule has 2 amide bonds. The predicted molar refractivity (Wildman–Crippen MR) is 100 cm³/mol. The van der Waals surface area contributed by atoms with E-state index in [1.807, 2.05) is 24.3 Å². The molecule has 0 atom stereocenters. The van der Waals surface area contributed by atoms with Crippen molar-refractivity contribution in [3.05, 3.63) is 65.5 Å². The number of nitrogens with one attached hydrogen (secondary N) is 2. The fourth-order valence-corrected chi connectivity index (χ4v) is 2.52. The van der Waals surface area contributed by atoms with Crippen LogP contribution in [0.15, 0.2) is 42.5 Å². The number of nitrogens with zero attached hydrogens (tertiary/aromatic N) is 4. The number of benzene rings is 2. The number of rotatable bonds is 4. The lowest BCUT2D eigenvalue weighted by molar-refractivity contribution is 0.251. The molecule has 0 aliphatic rings. The Balaban J connectivity index is 1.63. The van der Waals surface area contributed by atoms with E-state index < -0.39 is 17.7 Å². The number of hydrogen-bond donors (Lipinski definition) is 2. The van der Waals surface area contributed by atoms with Crippen molar-refractivity contribution in [1.29, 1.82) is 0 Å². The van der Waals surface area contributed by atoms with Crippen molar-refractivity contribution < 1.29 is 13.6 Å². The molecule has 0 aliphatic carbocycles. The number of aromatic nitrogens is 4. The molecule has 0 fully saturated rings. The summed E-state index contributed by atoms with van der Waals surface area (Å²) in [6, 6.07) is 10.4. The molecule has 0 spiro atoms. The molecule has 146 valence electrons. The molecular formula is C19H20F2N6O. The van der Waals surface area contributed by atoms with Gasteiger partial charge in [0.25, 0.3) is 0 Å². The zero-order chi connectivity index (χ0) is 20.3. The number of urea groups is 1. The van der Waals surface area contributed by atoms with Crippen LogP contribution >= 0.6 is 0 Å². The third-order valence-electron chi connectivity index (χ3n) is 4.10. The quantitative estimate of drug-likeness (QED) is 0.718. The van der Waals surface area contributed by atoms with Crippen molar-refractivity contribution in [1.82, 2.24) is 25.5 Å². The maximum atomic E-state index is 13.4. The molecule has 0 aliphatic heterocycles. The van der Waals surface area contributed by atoms with Gasteiger partial charge >= 0.3 is 6.03 Å². The normalized spacial score (nSPS) is 11.3. The standard InChI is InChI=1S/C19H20F2N6O/c1-19(2,3)12-4-6-13(7-5-12)23-18(28)22-11-17-24-25-26-27(17)14-8-9-15(20)16(21)10-14/h4-10H,11H2,1-3H3,(H2,22,23,28). The van der Waals surface area contributed by atoms with Crippen molar-refractivity contribution in [2.75, 3.05) is 5.32 Å². The lowest BCUT2D eigenvalue weighted by Crippen LogP contribution is -2.29. The molecule has 0 saturated heterocycles. The van der Waals surface area contributed by atoms with Gasteiger partial charge in [0.15, 0.2) is 17.5 Å². The highest BCUT2D eigenvalue weighted by atomic mass is 19.2. The largest absolute Gasteiger partial charge is 0.330 e. The zero-order valence-corrected chi connectivity index (χ0v) is 15.7. The monoisotopic (exact) mass is 386 g/mol. The highest BCUT2D eigenvalue weighted by molar-refractivity contribution is 5.89. The number of tetrazole rings is 1. The van der Waals surface area contributed by atoms with E-state index in [1.54, 1.807) is 0 Å². The van der Waals surface area contributed by atoms with Gasteiger partial charge in [-0.2, -0.15) is 4.68 Å². The van der Waals surface area contributed by atoms with Gasteiger partial charge in [-0.05, 0) is 45.7 Å². The molecule has 7 nitrogen and oxygen atoms in total. The van der Waals surface area contributed by atoms with Gasteiger partial charge in [0.05, 0.1) is 12.2 Å². The maximum Gasteiger partial charge on any atom is 0.319 e. The lowest BCUT2D eigenvalue weighted by atomic mass is 9.87. The van der Waals surface area contributed by atoms with Gasteiger partial charge < -0.3 is 10.6 Å².